The van der Waals surface area contributed by atoms with Gasteiger partial charge in [-0.25, -0.2) is 9.07 Å². The number of rotatable bonds is 8. The molecule has 148 valence electrons. The molecule has 0 spiro atoms. The number of hydrogen-bond donors (Lipinski definition) is 1. The van der Waals surface area contributed by atoms with E-state index in [4.69, 9.17) is 4.74 Å². The quantitative estimate of drug-likeness (QED) is 0.534. The van der Waals surface area contributed by atoms with E-state index in [9.17, 15) is 9.18 Å². The van der Waals surface area contributed by atoms with Gasteiger partial charge >= 0.3 is 0 Å². The molecule has 0 bridgehead atoms. The van der Waals surface area contributed by atoms with Crippen LogP contribution in [0.3, 0.4) is 0 Å². The Balaban J connectivity index is 1.43. The fourth-order valence-corrected chi connectivity index (χ4v) is 2.92. The minimum Gasteiger partial charge on any atom is -0.471 e. The van der Waals surface area contributed by atoms with Gasteiger partial charge in [0.2, 0.25) is 0 Å². The Labute approximate surface area is 170 Å². The van der Waals surface area contributed by atoms with Gasteiger partial charge in [-0.2, -0.15) is 10.2 Å². The van der Waals surface area contributed by atoms with Crippen LogP contribution in [0.1, 0.15) is 28.3 Å². The summed E-state index contributed by atoms with van der Waals surface area (Å²) in [6.07, 6.45) is 2.42. The normalized spacial score (nSPS) is 10.9. The van der Waals surface area contributed by atoms with E-state index in [2.05, 4.69) is 31.4 Å². The molecule has 0 saturated carbocycles. The van der Waals surface area contributed by atoms with Crippen molar-refractivity contribution < 1.29 is 13.9 Å². The number of amides is 1. The van der Waals surface area contributed by atoms with Gasteiger partial charge in [0.05, 0.1) is 10.2 Å². The van der Waals surface area contributed by atoms with Crippen LogP contribution in [-0.2, 0) is 13.3 Å². The first-order chi connectivity index (χ1) is 13.4. The summed E-state index contributed by atoms with van der Waals surface area (Å²) >= 11 is 3.51. The predicted molar refractivity (Wildman–Crippen MR) is 106 cm³/mol. The highest BCUT2D eigenvalue weighted by Crippen LogP contribution is 2.19. The maximum absolute atomic E-state index is 12.9. The van der Waals surface area contributed by atoms with Gasteiger partial charge in [0.15, 0.2) is 6.73 Å². The Hall–Kier alpha value is -2.68. The molecule has 9 heteroatoms. The lowest BCUT2D eigenvalue weighted by atomic mass is 10.3. The van der Waals surface area contributed by atoms with Crippen LogP contribution in [0.5, 0.6) is 5.75 Å². The average Bonchev–Trinajstić information content (AvgIpc) is 3.26. The van der Waals surface area contributed by atoms with Crippen molar-refractivity contribution in [2.24, 2.45) is 0 Å². The second kappa shape index (κ2) is 9.01. The molecule has 0 aliphatic heterocycles. The van der Waals surface area contributed by atoms with E-state index >= 15 is 0 Å². The molecule has 3 rings (SSSR count). The second-order valence-corrected chi connectivity index (χ2v) is 7.08. The molecule has 0 fully saturated rings. The summed E-state index contributed by atoms with van der Waals surface area (Å²) in [6.45, 7) is 5.33. The van der Waals surface area contributed by atoms with Crippen LogP contribution >= 0.6 is 15.9 Å². The van der Waals surface area contributed by atoms with Gasteiger partial charge in [-0.05, 0) is 66.5 Å². The minimum atomic E-state index is -0.323. The smallest absolute Gasteiger partial charge is 0.271 e. The third-order valence-corrected chi connectivity index (χ3v) is 5.32. The fourth-order valence-electron chi connectivity index (χ4n) is 2.64. The van der Waals surface area contributed by atoms with Crippen molar-refractivity contribution in [3.05, 3.63) is 63.9 Å². The van der Waals surface area contributed by atoms with E-state index in [0.29, 0.717) is 18.0 Å². The third-order valence-electron chi connectivity index (χ3n) is 4.18. The van der Waals surface area contributed by atoms with Crippen molar-refractivity contribution in [1.29, 1.82) is 0 Å². The number of halogens is 2. The standard InChI is InChI=1S/C19H21BrFN5O2/c1-13-18(20)14(2)26(23-13)10-3-9-22-19(27)17-8-11-25(24-17)12-28-16-6-4-15(21)5-7-16/h4-8,11H,3,9-10,12H2,1-2H3,(H,22,27). The molecule has 0 radical (unpaired) electrons. The summed E-state index contributed by atoms with van der Waals surface area (Å²) in [4.78, 5) is 12.2. The molecule has 3 aromatic rings. The summed E-state index contributed by atoms with van der Waals surface area (Å²) < 4.78 is 22.8. The molecule has 1 aromatic carbocycles. The highest BCUT2D eigenvalue weighted by molar-refractivity contribution is 9.10. The third kappa shape index (κ3) is 4.98. The number of aryl methyl sites for hydroxylation is 2. The van der Waals surface area contributed by atoms with Crippen LogP contribution in [0, 0.1) is 19.7 Å². The number of nitrogens with one attached hydrogen (secondary N) is 1. The number of carbonyl (C=O) groups is 1. The van der Waals surface area contributed by atoms with E-state index in [-0.39, 0.29) is 18.5 Å². The average molecular weight is 450 g/mol. The van der Waals surface area contributed by atoms with Gasteiger partial charge in [-0.1, -0.05) is 0 Å². The molecular formula is C19H21BrFN5O2. The number of aromatic nitrogens is 4. The van der Waals surface area contributed by atoms with Crippen molar-refractivity contribution in [1.82, 2.24) is 24.9 Å². The van der Waals surface area contributed by atoms with Gasteiger partial charge < -0.3 is 10.1 Å². The van der Waals surface area contributed by atoms with E-state index < -0.39 is 0 Å². The summed E-state index contributed by atoms with van der Waals surface area (Å²) in [5.74, 6) is -0.0374. The summed E-state index contributed by atoms with van der Waals surface area (Å²) in [7, 11) is 0. The molecule has 0 atom stereocenters. The van der Waals surface area contributed by atoms with Crippen molar-refractivity contribution in [2.45, 2.75) is 33.5 Å². The largest absolute Gasteiger partial charge is 0.471 e. The van der Waals surface area contributed by atoms with Gasteiger partial charge in [-0.15, -0.1) is 0 Å². The first-order valence-corrected chi connectivity index (χ1v) is 9.63. The number of ether oxygens (including phenoxy) is 1. The lowest BCUT2D eigenvalue weighted by Crippen LogP contribution is -2.26. The van der Waals surface area contributed by atoms with Crippen LogP contribution in [-0.4, -0.2) is 32.0 Å². The number of benzene rings is 1. The molecule has 28 heavy (non-hydrogen) atoms. The molecule has 7 nitrogen and oxygen atoms in total. The van der Waals surface area contributed by atoms with Crippen molar-refractivity contribution in [3.63, 3.8) is 0 Å². The Kier molecular flexibility index (Phi) is 6.45. The molecule has 2 heterocycles. The Bertz CT molecular complexity index is 952. The summed E-state index contributed by atoms with van der Waals surface area (Å²) in [5.41, 5.74) is 2.34. The Morgan fingerprint density at radius 2 is 1.96 bits per heavy atom. The highest BCUT2D eigenvalue weighted by Gasteiger charge is 2.11. The van der Waals surface area contributed by atoms with Gasteiger partial charge in [0.1, 0.15) is 17.3 Å². The van der Waals surface area contributed by atoms with Crippen molar-refractivity contribution in [2.75, 3.05) is 6.54 Å². The Morgan fingerprint density at radius 3 is 2.64 bits per heavy atom. The van der Waals surface area contributed by atoms with Crippen LogP contribution < -0.4 is 10.1 Å². The topological polar surface area (TPSA) is 74.0 Å². The molecule has 0 saturated heterocycles. The molecule has 0 unspecified atom stereocenters. The van der Waals surface area contributed by atoms with Crippen molar-refractivity contribution in [3.8, 4) is 5.75 Å². The maximum atomic E-state index is 12.9. The maximum Gasteiger partial charge on any atom is 0.271 e. The lowest BCUT2D eigenvalue weighted by Gasteiger charge is -2.06. The molecule has 0 aliphatic rings. The highest BCUT2D eigenvalue weighted by atomic mass is 79.9. The lowest BCUT2D eigenvalue weighted by molar-refractivity contribution is 0.0945. The zero-order valence-corrected chi connectivity index (χ0v) is 17.2. The van der Waals surface area contributed by atoms with E-state index in [1.165, 1.54) is 28.9 Å². The number of hydrogen-bond acceptors (Lipinski definition) is 4. The molecular weight excluding hydrogens is 429 g/mol. The summed E-state index contributed by atoms with van der Waals surface area (Å²) in [5, 5.41) is 11.5. The van der Waals surface area contributed by atoms with E-state index in [1.54, 1.807) is 12.3 Å². The Morgan fingerprint density at radius 1 is 1.21 bits per heavy atom. The van der Waals surface area contributed by atoms with Gasteiger partial charge in [0.25, 0.3) is 5.91 Å². The molecule has 1 amide bonds. The zero-order valence-electron chi connectivity index (χ0n) is 15.7. The van der Waals surface area contributed by atoms with Crippen molar-refractivity contribution >= 4 is 21.8 Å². The number of nitrogens with zero attached hydrogens (tertiary/aromatic N) is 4. The molecule has 2 aromatic heterocycles. The summed E-state index contributed by atoms with van der Waals surface area (Å²) in [6, 6.07) is 7.34. The van der Waals surface area contributed by atoms with E-state index in [0.717, 1.165) is 28.8 Å². The first-order valence-electron chi connectivity index (χ1n) is 8.83. The number of carbonyl (C=O) groups excluding carboxylic acids is 1. The SMILES string of the molecule is Cc1nn(CCCNC(=O)c2ccn(COc3ccc(F)cc3)n2)c(C)c1Br. The fraction of sp³-hybridized carbons (Fsp3) is 0.316. The van der Waals surface area contributed by atoms with Gasteiger partial charge in [0, 0.05) is 25.0 Å². The predicted octanol–water partition coefficient (Wildman–Crippen LogP) is 3.45. The first kappa shape index (κ1) is 20.1. The van der Waals surface area contributed by atoms with Crippen LogP contribution in [0.2, 0.25) is 0 Å². The monoisotopic (exact) mass is 449 g/mol. The van der Waals surface area contributed by atoms with Crippen LogP contribution in [0.15, 0.2) is 41.0 Å². The minimum absolute atomic E-state index is 0.131. The van der Waals surface area contributed by atoms with E-state index in [1.807, 2.05) is 18.5 Å². The van der Waals surface area contributed by atoms with Crippen LogP contribution in [0.25, 0.3) is 0 Å². The molecule has 0 aliphatic carbocycles. The molecule has 1 N–H and O–H groups in total. The van der Waals surface area contributed by atoms with Crippen LogP contribution in [0.4, 0.5) is 4.39 Å². The second-order valence-electron chi connectivity index (χ2n) is 6.29. The zero-order chi connectivity index (χ0) is 20.1. The van der Waals surface area contributed by atoms with Gasteiger partial charge in [-0.3, -0.25) is 9.48 Å².